The third-order valence-corrected chi connectivity index (χ3v) is 6.53. The van der Waals surface area contributed by atoms with Crippen molar-refractivity contribution < 1.29 is 14.4 Å². The fourth-order valence-electron chi connectivity index (χ4n) is 4.60. The first-order valence-electron chi connectivity index (χ1n) is 12.2. The lowest BCUT2D eigenvalue weighted by atomic mass is 10.0. The van der Waals surface area contributed by atoms with Gasteiger partial charge in [-0.2, -0.15) is 0 Å². The fourth-order valence-corrected chi connectivity index (χ4v) is 4.60. The van der Waals surface area contributed by atoms with Gasteiger partial charge in [0, 0.05) is 47.3 Å². The number of nitrogens with two attached hydrogens (primary N) is 1. The lowest BCUT2D eigenvalue weighted by Crippen LogP contribution is -2.49. The van der Waals surface area contributed by atoms with Crippen LogP contribution in [-0.2, 0) is 16.1 Å². The van der Waals surface area contributed by atoms with Gasteiger partial charge in [0.15, 0.2) is 0 Å². The number of hydrogen-bond donors (Lipinski definition) is 2. The quantitative estimate of drug-likeness (QED) is 0.384. The van der Waals surface area contributed by atoms with Gasteiger partial charge >= 0.3 is 0 Å². The Morgan fingerprint density at radius 1 is 1.05 bits per heavy atom. The first kappa shape index (κ1) is 24.8. The van der Waals surface area contributed by atoms with Crippen LogP contribution < -0.4 is 11.1 Å². The monoisotopic (exact) mass is 509 g/mol. The third-order valence-electron chi connectivity index (χ3n) is 6.53. The Morgan fingerprint density at radius 2 is 1.84 bits per heavy atom. The van der Waals surface area contributed by atoms with E-state index < -0.39 is 11.9 Å². The number of rotatable bonds is 6. The predicted molar refractivity (Wildman–Crippen MR) is 143 cm³/mol. The number of carbonyl (C=O) groups excluding carboxylic acids is 3. The SMILES string of the molecule is Cc1cccc(NC(=O)C2CC=CCN2C(=O)Cn2cc(C(N)=O)c3cc(-c4cnc(C)nc4)ccc32)n1. The Labute approximate surface area is 219 Å². The van der Waals surface area contributed by atoms with E-state index in [4.69, 9.17) is 5.73 Å². The van der Waals surface area contributed by atoms with E-state index in [1.165, 1.54) is 0 Å². The molecule has 0 bridgehead atoms. The second-order valence-corrected chi connectivity index (χ2v) is 9.21. The maximum Gasteiger partial charge on any atom is 0.250 e. The van der Waals surface area contributed by atoms with E-state index in [9.17, 15) is 14.4 Å². The third kappa shape index (κ3) is 5.01. The highest BCUT2D eigenvalue weighted by Gasteiger charge is 2.31. The molecule has 1 unspecified atom stereocenters. The van der Waals surface area contributed by atoms with E-state index >= 15 is 0 Å². The van der Waals surface area contributed by atoms with Crippen LogP contribution in [-0.4, -0.2) is 54.7 Å². The molecule has 0 saturated heterocycles. The topological polar surface area (TPSA) is 136 Å². The van der Waals surface area contributed by atoms with Crippen LogP contribution in [0.25, 0.3) is 22.0 Å². The Morgan fingerprint density at radius 3 is 2.58 bits per heavy atom. The number of aromatic nitrogens is 4. The Bertz CT molecular complexity index is 1570. The average Bonchev–Trinajstić information content (AvgIpc) is 3.27. The summed E-state index contributed by atoms with van der Waals surface area (Å²) in [7, 11) is 0. The van der Waals surface area contributed by atoms with Crippen molar-refractivity contribution in [3.63, 3.8) is 0 Å². The van der Waals surface area contributed by atoms with E-state index in [1.807, 2.05) is 49.4 Å². The second kappa shape index (κ2) is 10.3. The van der Waals surface area contributed by atoms with E-state index in [0.29, 0.717) is 41.1 Å². The van der Waals surface area contributed by atoms with Crippen molar-refractivity contribution in [1.82, 2.24) is 24.4 Å². The average molecular weight is 510 g/mol. The molecule has 4 aromatic rings. The zero-order valence-electron chi connectivity index (χ0n) is 21.1. The number of hydrogen-bond acceptors (Lipinski definition) is 6. The molecule has 3 aromatic heterocycles. The van der Waals surface area contributed by atoms with Crippen LogP contribution >= 0.6 is 0 Å². The van der Waals surface area contributed by atoms with Crippen molar-refractivity contribution in [3.05, 3.63) is 84.2 Å². The predicted octanol–water partition coefficient (Wildman–Crippen LogP) is 3.00. The highest BCUT2D eigenvalue weighted by Crippen LogP contribution is 2.28. The van der Waals surface area contributed by atoms with Gasteiger partial charge in [-0.15, -0.1) is 0 Å². The summed E-state index contributed by atoms with van der Waals surface area (Å²) >= 11 is 0. The summed E-state index contributed by atoms with van der Waals surface area (Å²) < 4.78 is 1.70. The minimum atomic E-state index is -0.680. The van der Waals surface area contributed by atoms with Gasteiger partial charge in [-0.3, -0.25) is 14.4 Å². The zero-order valence-corrected chi connectivity index (χ0v) is 21.1. The lowest BCUT2D eigenvalue weighted by Gasteiger charge is -2.32. The highest BCUT2D eigenvalue weighted by atomic mass is 16.2. The molecule has 5 rings (SSSR count). The summed E-state index contributed by atoms with van der Waals surface area (Å²) in [5, 5.41) is 3.45. The Hall–Kier alpha value is -4.86. The number of primary amides is 1. The number of nitrogens with one attached hydrogen (secondary N) is 1. The number of pyridine rings is 1. The first-order chi connectivity index (χ1) is 18.3. The molecule has 1 aromatic carbocycles. The summed E-state index contributed by atoms with van der Waals surface area (Å²) in [6, 6.07) is 10.3. The molecule has 1 aliphatic heterocycles. The second-order valence-electron chi connectivity index (χ2n) is 9.21. The van der Waals surface area contributed by atoms with Crippen molar-refractivity contribution in [3.8, 4) is 11.1 Å². The van der Waals surface area contributed by atoms with Crippen LogP contribution in [0, 0.1) is 13.8 Å². The van der Waals surface area contributed by atoms with Crippen LogP contribution in [0.15, 0.2) is 67.1 Å². The van der Waals surface area contributed by atoms with Crippen LogP contribution in [0.1, 0.15) is 28.3 Å². The van der Waals surface area contributed by atoms with Crippen molar-refractivity contribution in [1.29, 1.82) is 0 Å². The number of benzene rings is 1. The molecular formula is C28H27N7O3. The molecule has 0 saturated carbocycles. The van der Waals surface area contributed by atoms with Gasteiger partial charge < -0.3 is 20.5 Å². The molecule has 192 valence electrons. The van der Waals surface area contributed by atoms with Crippen molar-refractivity contribution >= 4 is 34.4 Å². The Balaban J connectivity index is 1.41. The maximum atomic E-state index is 13.5. The summed E-state index contributed by atoms with van der Waals surface area (Å²) in [4.78, 5) is 53.2. The van der Waals surface area contributed by atoms with E-state index in [0.717, 1.165) is 16.8 Å². The molecule has 0 radical (unpaired) electrons. The lowest BCUT2D eigenvalue weighted by molar-refractivity contribution is -0.138. The molecular weight excluding hydrogens is 482 g/mol. The van der Waals surface area contributed by atoms with Gasteiger partial charge in [0.2, 0.25) is 11.8 Å². The molecule has 1 aliphatic rings. The number of anilines is 1. The summed E-state index contributed by atoms with van der Waals surface area (Å²) in [5.41, 5.74) is 9.07. The molecule has 1 atom stereocenters. The normalized spacial score (nSPS) is 15.0. The van der Waals surface area contributed by atoms with Crippen LogP contribution in [0.4, 0.5) is 5.82 Å². The standard InChI is InChI=1S/C28H27N7O3/c1-17-6-5-8-25(32-17)33-28(38)24-7-3-4-11-35(24)26(36)16-34-15-22(27(29)37)21-12-19(9-10-23(21)34)20-13-30-18(2)31-14-20/h3-6,8-10,12-15,24H,7,11,16H2,1-2H3,(H2,29,37)(H,32,33,38). The molecule has 10 heteroatoms. The Kier molecular flexibility index (Phi) is 6.69. The van der Waals surface area contributed by atoms with Gasteiger partial charge in [-0.05, 0) is 50.1 Å². The minimum absolute atomic E-state index is 0.0584. The van der Waals surface area contributed by atoms with Gasteiger partial charge in [-0.1, -0.05) is 24.3 Å². The number of aryl methyl sites for hydroxylation is 2. The van der Waals surface area contributed by atoms with Crippen LogP contribution in [0.5, 0.6) is 0 Å². The number of amides is 3. The van der Waals surface area contributed by atoms with E-state index in [2.05, 4.69) is 20.3 Å². The number of nitrogens with zero attached hydrogens (tertiary/aromatic N) is 5. The smallest absolute Gasteiger partial charge is 0.250 e. The van der Waals surface area contributed by atoms with E-state index in [1.54, 1.807) is 41.0 Å². The molecule has 3 amide bonds. The molecule has 4 heterocycles. The molecule has 3 N–H and O–H groups in total. The van der Waals surface area contributed by atoms with Gasteiger partial charge in [0.1, 0.15) is 24.2 Å². The molecule has 0 aliphatic carbocycles. The maximum absolute atomic E-state index is 13.5. The van der Waals surface area contributed by atoms with E-state index in [-0.39, 0.29) is 18.4 Å². The van der Waals surface area contributed by atoms with Gasteiger partial charge in [-0.25, -0.2) is 15.0 Å². The highest BCUT2D eigenvalue weighted by molar-refractivity contribution is 6.07. The van der Waals surface area contributed by atoms with Crippen molar-refractivity contribution in [2.75, 3.05) is 11.9 Å². The fraction of sp³-hybridized carbons (Fsp3) is 0.214. The molecule has 0 fully saturated rings. The molecule has 38 heavy (non-hydrogen) atoms. The molecule has 0 spiro atoms. The number of carbonyl (C=O) groups is 3. The summed E-state index contributed by atoms with van der Waals surface area (Å²) in [5.74, 6) is -0.0554. The van der Waals surface area contributed by atoms with Crippen molar-refractivity contribution in [2.24, 2.45) is 5.73 Å². The van der Waals surface area contributed by atoms with Crippen LogP contribution in [0.3, 0.4) is 0 Å². The number of fused-ring (bicyclic) bond motifs is 1. The minimum Gasteiger partial charge on any atom is -0.366 e. The summed E-state index contributed by atoms with van der Waals surface area (Å²) in [6.07, 6.45) is 9.18. The zero-order chi connectivity index (χ0) is 26.8. The van der Waals surface area contributed by atoms with Crippen LogP contribution in [0.2, 0.25) is 0 Å². The van der Waals surface area contributed by atoms with Gasteiger partial charge in [0.05, 0.1) is 5.56 Å². The first-order valence-corrected chi connectivity index (χ1v) is 12.2. The van der Waals surface area contributed by atoms with Gasteiger partial charge in [0.25, 0.3) is 5.91 Å². The van der Waals surface area contributed by atoms with Crippen molar-refractivity contribution in [2.45, 2.75) is 32.9 Å². The molecule has 10 nitrogen and oxygen atoms in total. The summed E-state index contributed by atoms with van der Waals surface area (Å²) in [6.45, 7) is 3.89. The largest absolute Gasteiger partial charge is 0.366 e.